The molecule has 1 aromatic carbocycles. The zero-order chi connectivity index (χ0) is 24.4. The maximum absolute atomic E-state index is 13.5. The van der Waals surface area contributed by atoms with E-state index in [1.54, 1.807) is 12.1 Å². The van der Waals surface area contributed by atoms with Crippen LogP contribution in [0.4, 0.5) is 9.39 Å². The molecule has 7 nitrogen and oxygen atoms in total. The Morgan fingerprint density at radius 2 is 2.12 bits per heavy atom. The van der Waals surface area contributed by atoms with Gasteiger partial charge < -0.3 is 5.32 Å². The molecule has 0 radical (unpaired) electrons. The Morgan fingerprint density at radius 3 is 2.79 bits per heavy atom. The van der Waals surface area contributed by atoms with E-state index in [1.165, 1.54) is 40.1 Å². The second-order valence-corrected chi connectivity index (χ2v) is 10.8. The fourth-order valence-electron chi connectivity index (χ4n) is 3.96. The second kappa shape index (κ2) is 10.3. The Kier molecular flexibility index (Phi) is 7.36. The molecule has 0 fully saturated rings. The zero-order valence-electron chi connectivity index (χ0n) is 19.6. The third kappa shape index (κ3) is 5.02. The van der Waals surface area contributed by atoms with Crippen molar-refractivity contribution in [3.05, 3.63) is 51.9 Å². The van der Waals surface area contributed by atoms with E-state index in [0.717, 1.165) is 30.5 Å². The lowest BCUT2D eigenvalue weighted by Gasteiger charge is -2.20. The number of amides is 1. The third-order valence-corrected chi connectivity index (χ3v) is 8.20. The number of nitriles is 1. The summed E-state index contributed by atoms with van der Waals surface area (Å²) in [6.07, 6.45) is 2.90. The van der Waals surface area contributed by atoms with Gasteiger partial charge >= 0.3 is 0 Å². The average molecular weight is 499 g/mol. The van der Waals surface area contributed by atoms with Crippen molar-refractivity contribution in [2.24, 2.45) is 5.92 Å². The van der Waals surface area contributed by atoms with Gasteiger partial charge in [0.2, 0.25) is 5.91 Å². The predicted octanol–water partition coefficient (Wildman–Crippen LogP) is 4.82. The van der Waals surface area contributed by atoms with Crippen LogP contribution in [0, 0.1) is 23.1 Å². The smallest absolute Gasteiger partial charge is 0.235 e. The molecule has 0 aliphatic heterocycles. The number of rotatable bonds is 7. The van der Waals surface area contributed by atoms with E-state index in [4.69, 9.17) is 0 Å². The molecule has 0 saturated carbocycles. The van der Waals surface area contributed by atoms with E-state index >= 15 is 0 Å². The van der Waals surface area contributed by atoms with Crippen molar-refractivity contribution in [1.82, 2.24) is 19.7 Å². The lowest BCUT2D eigenvalue weighted by atomic mass is 9.89. The molecule has 1 N–H and O–H groups in total. The zero-order valence-corrected chi connectivity index (χ0v) is 21.3. The van der Waals surface area contributed by atoms with Gasteiger partial charge in [-0.25, -0.2) is 4.39 Å². The molecule has 0 bridgehead atoms. The highest BCUT2D eigenvalue weighted by Gasteiger charge is 2.25. The van der Waals surface area contributed by atoms with Gasteiger partial charge in [-0.15, -0.1) is 21.5 Å². The van der Waals surface area contributed by atoms with Crippen LogP contribution in [-0.4, -0.2) is 45.4 Å². The van der Waals surface area contributed by atoms with Crippen molar-refractivity contribution in [2.45, 2.75) is 44.3 Å². The highest BCUT2D eigenvalue weighted by Crippen LogP contribution is 2.39. The fraction of sp³-hybridized carbons (Fsp3) is 0.417. The molecule has 4 rings (SSSR count). The summed E-state index contributed by atoms with van der Waals surface area (Å²) in [6, 6.07) is 8.37. The number of halogens is 1. The summed E-state index contributed by atoms with van der Waals surface area (Å²) in [7, 11) is 3.89. The number of anilines is 1. The van der Waals surface area contributed by atoms with Crippen molar-refractivity contribution in [3.63, 3.8) is 0 Å². The third-order valence-electron chi connectivity index (χ3n) is 6.10. The maximum Gasteiger partial charge on any atom is 0.235 e. The first kappa shape index (κ1) is 24.4. The Labute approximate surface area is 207 Å². The summed E-state index contributed by atoms with van der Waals surface area (Å²) in [5.74, 6) is 0.872. The van der Waals surface area contributed by atoms with E-state index in [-0.39, 0.29) is 23.5 Å². The molecule has 1 aliphatic rings. The monoisotopic (exact) mass is 498 g/mol. The van der Waals surface area contributed by atoms with Gasteiger partial charge in [0.1, 0.15) is 16.9 Å². The van der Waals surface area contributed by atoms with Gasteiger partial charge in [-0.3, -0.25) is 14.3 Å². The molecule has 1 amide bonds. The summed E-state index contributed by atoms with van der Waals surface area (Å²) in [5, 5.41) is 22.5. The molecular weight excluding hydrogens is 471 g/mol. The predicted molar refractivity (Wildman–Crippen MR) is 133 cm³/mol. The standard InChI is InChI=1S/C24H27FN6OS2/c1-14-5-10-18-19(12-26)23(34-20(18)11-14)27-21(32)13-33-24-29-28-22(15(2)30(3)4)31(24)17-8-6-16(25)7-9-17/h6-9,14-15H,5,10-11,13H2,1-4H3,(H,27,32)/t14-,15-/m1/s1. The molecule has 178 valence electrons. The van der Waals surface area contributed by atoms with E-state index in [0.29, 0.717) is 27.5 Å². The van der Waals surface area contributed by atoms with E-state index in [2.05, 4.69) is 28.5 Å². The lowest BCUT2D eigenvalue weighted by Crippen LogP contribution is -2.21. The Bertz CT molecular complexity index is 1230. The van der Waals surface area contributed by atoms with Crippen LogP contribution in [0.3, 0.4) is 0 Å². The van der Waals surface area contributed by atoms with Crippen molar-refractivity contribution in [1.29, 1.82) is 5.26 Å². The Morgan fingerprint density at radius 1 is 1.38 bits per heavy atom. The van der Waals surface area contributed by atoms with Crippen molar-refractivity contribution in [2.75, 3.05) is 25.2 Å². The number of nitrogens with zero attached hydrogens (tertiary/aromatic N) is 5. The van der Waals surface area contributed by atoms with Gasteiger partial charge in [-0.2, -0.15) is 5.26 Å². The molecule has 2 atom stereocenters. The molecule has 2 aromatic heterocycles. The lowest BCUT2D eigenvalue weighted by molar-refractivity contribution is -0.113. The molecule has 3 aromatic rings. The van der Waals surface area contributed by atoms with Crippen LogP contribution in [0.1, 0.15) is 48.1 Å². The maximum atomic E-state index is 13.5. The molecule has 34 heavy (non-hydrogen) atoms. The number of hydrogen-bond donors (Lipinski definition) is 1. The molecule has 2 heterocycles. The molecular formula is C24H27FN6OS2. The summed E-state index contributed by atoms with van der Waals surface area (Å²) < 4.78 is 15.4. The SMILES string of the molecule is C[C@@H]1CCc2c(sc(NC(=O)CSc3nnc([C@@H](C)N(C)C)n3-c3ccc(F)cc3)c2C#N)C1. The second-order valence-electron chi connectivity index (χ2n) is 8.80. The Hall–Kier alpha value is -2.74. The number of fused-ring (bicyclic) bond motifs is 1. The van der Waals surface area contributed by atoms with Crippen molar-refractivity contribution < 1.29 is 9.18 Å². The van der Waals surface area contributed by atoms with Crippen LogP contribution in [0.25, 0.3) is 5.69 Å². The van der Waals surface area contributed by atoms with E-state index < -0.39 is 0 Å². The van der Waals surface area contributed by atoms with Gasteiger partial charge in [0.15, 0.2) is 11.0 Å². The van der Waals surface area contributed by atoms with Crippen LogP contribution in [0.15, 0.2) is 29.4 Å². The minimum atomic E-state index is -0.325. The number of aromatic nitrogens is 3. The largest absolute Gasteiger partial charge is 0.316 e. The van der Waals surface area contributed by atoms with Gasteiger partial charge in [0.05, 0.1) is 17.4 Å². The minimum Gasteiger partial charge on any atom is -0.316 e. The summed E-state index contributed by atoms with van der Waals surface area (Å²) >= 11 is 2.77. The normalized spacial score (nSPS) is 16.2. The van der Waals surface area contributed by atoms with Gasteiger partial charge in [-0.1, -0.05) is 18.7 Å². The molecule has 10 heteroatoms. The topological polar surface area (TPSA) is 86.8 Å². The summed E-state index contributed by atoms with van der Waals surface area (Å²) in [5.41, 5.74) is 2.42. The number of carbonyl (C=O) groups is 1. The fourth-order valence-corrected chi connectivity index (χ4v) is 6.10. The average Bonchev–Trinajstić information content (AvgIpc) is 3.37. The first-order valence-corrected chi connectivity index (χ1v) is 12.9. The van der Waals surface area contributed by atoms with Gasteiger partial charge in [-0.05, 0) is 76.0 Å². The molecule has 0 unspecified atom stereocenters. The van der Waals surface area contributed by atoms with Gasteiger partial charge in [0.25, 0.3) is 0 Å². The van der Waals surface area contributed by atoms with Gasteiger partial charge in [0, 0.05) is 10.6 Å². The van der Waals surface area contributed by atoms with E-state index in [9.17, 15) is 14.4 Å². The highest BCUT2D eigenvalue weighted by atomic mass is 32.2. The number of benzene rings is 1. The summed E-state index contributed by atoms with van der Waals surface area (Å²) in [4.78, 5) is 16.0. The van der Waals surface area contributed by atoms with Crippen LogP contribution < -0.4 is 5.32 Å². The van der Waals surface area contributed by atoms with Crippen LogP contribution in [0.2, 0.25) is 0 Å². The Balaban J connectivity index is 1.53. The number of thioether (sulfide) groups is 1. The van der Waals surface area contributed by atoms with E-state index in [1.807, 2.05) is 30.5 Å². The summed E-state index contributed by atoms with van der Waals surface area (Å²) in [6.45, 7) is 4.22. The highest BCUT2D eigenvalue weighted by molar-refractivity contribution is 7.99. The minimum absolute atomic E-state index is 0.0428. The number of carbonyl (C=O) groups excluding carboxylic acids is 1. The first-order valence-electron chi connectivity index (χ1n) is 11.1. The number of thiophene rings is 1. The number of hydrogen-bond acceptors (Lipinski definition) is 7. The first-order chi connectivity index (χ1) is 16.3. The quantitative estimate of drug-likeness (QED) is 0.470. The molecule has 0 spiro atoms. The van der Waals surface area contributed by atoms with Crippen molar-refractivity contribution in [3.8, 4) is 11.8 Å². The van der Waals surface area contributed by atoms with Crippen LogP contribution >= 0.6 is 23.1 Å². The van der Waals surface area contributed by atoms with Crippen LogP contribution in [0.5, 0.6) is 0 Å². The van der Waals surface area contributed by atoms with Crippen molar-refractivity contribution >= 4 is 34.0 Å². The van der Waals surface area contributed by atoms with Crippen LogP contribution in [-0.2, 0) is 17.6 Å². The molecule has 1 aliphatic carbocycles. The number of nitrogens with one attached hydrogen (secondary N) is 1. The molecule has 0 saturated heterocycles.